The zero-order valence-electron chi connectivity index (χ0n) is 12.4. The number of halogens is 1. The van der Waals surface area contributed by atoms with Gasteiger partial charge in [-0.25, -0.2) is 0 Å². The van der Waals surface area contributed by atoms with Gasteiger partial charge in [0.2, 0.25) is 0 Å². The van der Waals surface area contributed by atoms with Gasteiger partial charge in [-0.2, -0.15) is 0 Å². The number of benzene rings is 1. The molecule has 1 aliphatic rings. The van der Waals surface area contributed by atoms with Crippen molar-refractivity contribution in [2.45, 2.75) is 51.6 Å². The first kappa shape index (κ1) is 15.5. The van der Waals surface area contributed by atoms with Crippen molar-refractivity contribution in [3.05, 3.63) is 22.7 Å². The molecule has 1 saturated carbocycles. The highest BCUT2D eigenvalue weighted by Crippen LogP contribution is 2.35. The highest BCUT2D eigenvalue weighted by molar-refractivity contribution is 6.30. The third-order valence-corrected chi connectivity index (χ3v) is 3.92. The molecule has 2 rings (SSSR count). The molecule has 0 heterocycles. The van der Waals surface area contributed by atoms with Crippen LogP contribution in [0.5, 0.6) is 11.5 Å². The minimum Gasteiger partial charge on any atom is -0.493 e. The van der Waals surface area contributed by atoms with Crippen LogP contribution in [0, 0.1) is 0 Å². The molecule has 0 bridgehead atoms. The Morgan fingerprint density at radius 2 is 2.05 bits per heavy atom. The summed E-state index contributed by atoms with van der Waals surface area (Å²) in [6.45, 7) is 3.56. The molecule has 1 aromatic rings. The van der Waals surface area contributed by atoms with Crippen molar-refractivity contribution in [2.24, 2.45) is 0 Å². The van der Waals surface area contributed by atoms with Gasteiger partial charge in [0.15, 0.2) is 11.5 Å². The van der Waals surface area contributed by atoms with Gasteiger partial charge < -0.3 is 14.8 Å². The first-order chi connectivity index (χ1) is 9.74. The maximum Gasteiger partial charge on any atom is 0.165 e. The first-order valence-corrected chi connectivity index (χ1v) is 7.85. The monoisotopic (exact) mass is 297 g/mol. The zero-order valence-corrected chi connectivity index (χ0v) is 13.1. The minimum absolute atomic E-state index is 0.624. The summed E-state index contributed by atoms with van der Waals surface area (Å²) >= 11 is 6.17. The summed E-state index contributed by atoms with van der Waals surface area (Å²) in [6.07, 6.45) is 6.17. The molecular formula is C16H24ClNO2. The van der Waals surface area contributed by atoms with Crippen molar-refractivity contribution < 1.29 is 9.47 Å². The molecule has 0 aliphatic heterocycles. The van der Waals surface area contributed by atoms with E-state index in [4.69, 9.17) is 21.1 Å². The quantitative estimate of drug-likeness (QED) is 0.819. The van der Waals surface area contributed by atoms with Crippen LogP contribution in [0.15, 0.2) is 12.1 Å². The van der Waals surface area contributed by atoms with E-state index in [1.165, 1.54) is 25.7 Å². The Hall–Kier alpha value is -0.930. The molecule has 20 heavy (non-hydrogen) atoms. The molecule has 0 spiro atoms. The summed E-state index contributed by atoms with van der Waals surface area (Å²) in [5.74, 6) is 1.54. The Morgan fingerprint density at radius 3 is 2.70 bits per heavy atom. The van der Waals surface area contributed by atoms with Gasteiger partial charge in [0.05, 0.1) is 13.7 Å². The van der Waals surface area contributed by atoms with Crippen molar-refractivity contribution >= 4 is 11.6 Å². The Bertz CT molecular complexity index is 431. The Morgan fingerprint density at radius 1 is 1.30 bits per heavy atom. The van der Waals surface area contributed by atoms with Crippen LogP contribution in [0.1, 0.15) is 44.6 Å². The van der Waals surface area contributed by atoms with Gasteiger partial charge in [-0.15, -0.1) is 0 Å². The van der Waals surface area contributed by atoms with Crippen molar-refractivity contribution in [3.8, 4) is 11.5 Å². The van der Waals surface area contributed by atoms with E-state index < -0.39 is 0 Å². The van der Waals surface area contributed by atoms with Crippen LogP contribution in [-0.4, -0.2) is 19.8 Å². The molecular weight excluding hydrogens is 274 g/mol. The maximum absolute atomic E-state index is 6.17. The topological polar surface area (TPSA) is 30.5 Å². The van der Waals surface area contributed by atoms with E-state index in [2.05, 4.69) is 12.2 Å². The molecule has 1 N–H and O–H groups in total. The number of ether oxygens (including phenoxy) is 2. The Balaban J connectivity index is 2.12. The second-order valence-corrected chi connectivity index (χ2v) is 5.74. The molecule has 112 valence electrons. The summed E-state index contributed by atoms with van der Waals surface area (Å²) in [4.78, 5) is 0. The molecule has 0 atom stereocenters. The van der Waals surface area contributed by atoms with Crippen LogP contribution in [0.2, 0.25) is 5.02 Å². The summed E-state index contributed by atoms with van der Waals surface area (Å²) in [6, 6.07) is 4.40. The van der Waals surface area contributed by atoms with Crippen LogP contribution in [0.4, 0.5) is 0 Å². The van der Waals surface area contributed by atoms with Gasteiger partial charge in [0, 0.05) is 29.2 Å². The summed E-state index contributed by atoms with van der Waals surface area (Å²) < 4.78 is 11.3. The van der Waals surface area contributed by atoms with Crippen molar-refractivity contribution in [1.82, 2.24) is 5.32 Å². The molecule has 0 amide bonds. The average molecular weight is 298 g/mol. The smallest absolute Gasteiger partial charge is 0.165 e. The molecule has 1 fully saturated rings. The first-order valence-electron chi connectivity index (χ1n) is 7.47. The number of nitrogens with one attached hydrogen (secondary N) is 1. The maximum atomic E-state index is 6.17. The normalized spacial score (nSPS) is 15.6. The predicted octanol–water partition coefficient (Wildman–Crippen LogP) is 4.17. The highest BCUT2D eigenvalue weighted by Gasteiger charge is 2.17. The lowest BCUT2D eigenvalue weighted by molar-refractivity contribution is 0.290. The van der Waals surface area contributed by atoms with Crippen LogP contribution in [-0.2, 0) is 6.54 Å². The third kappa shape index (κ3) is 4.03. The zero-order chi connectivity index (χ0) is 14.4. The van der Waals surface area contributed by atoms with Gasteiger partial charge in [0.25, 0.3) is 0 Å². The SMILES string of the molecule is CCCOc1c(CNC2CCCC2)cc(Cl)cc1OC. The molecule has 4 heteroatoms. The molecule has 3 nitrogen and oxygen atoms in total. The fraction of sp³-hybridized carbons (Fsp3) is 0.625. The number of rotatable bonds is 7. The van der Waals surface area contributed by atoms with Crippen molar-refractivity contribution in [1.29, 1.82) is 0 Å². The van der Waals surface area contributed by atoms with Gasteiger partial charge in [0.1, 0.15) is 0 Å². The molecule has 0 saturated heterocycles. The minimum atomic E-state index is 0.624. The van der Waals surface area contributed by atoms with Crippen LogP contribution in [0.25, 0.3) is 0 Å². The average Bonchev–Trinajstić information content (AvgIpc) is 2.96. The van der Waals surface area contributed by atoms with E-state index in [-0.39, 0.29) is 0 Å². The standard InChI is InChI=1S/C16H24ClNO2/c1-3-8-20-16-12(9-13(17)10-15(16)19-2)11-18-14-6-4-5-7-14/h9-10,14,18H,3-8,11H2,1-2H3. The van der Waals surface area contributed by atoms with Crippen LogP contribution < -0.4 is 14.8 Å². The summed E-state index contributed by atoms with van der Waals surface area (Å²) in [5.41, 5.74) is 1.08. The largest absolute Gasteiger partial charge is 0.493 e. The predicted molar refractivity (Wildman–Crippen MR) is 82.9 cm³/mol. The summed E-state index contributed by atoms with van der Waals surface area (Å²) in [7, 11) is 1.65. The number of hydrogen-bond acceptors (Lipinski definition) is 3. The second kappa shape index (κ2) is 7.75. The van der Waals surface area contributed by atoms with Crippen LogP contribution >= 0.6 is 11.6 Å². The van der Waals surface area contributed by atoms with E-state index in [0.717, 1.165) is 24.3 Å². The Labute approximate surface area is 126 Å². The molecule has 0 aromatic heterocycles. The fourth-order valence-electron chi connectivity index (χ4n) is 2.66. The molecule has 0 radical (unpaired) electrons. The summed E-state index contributed by atoms with van der Waals surface area (Å²) in [5, 5.41) is 4.29. The number of methoxy groups -OCH3 is 1. The van der Waals surface area contributed by atoms with E-state index in [1.807, 2.05) is 12.1 Å². The lowest BCUT2D eigenvalue weighted by Crippen LogP contribution is -2.25. The van der Waals surface area contributed by atoms with Crippen molar-refractivity contribution in [3.63, 3.8) is 0 Å². The second-order valence-electron chi connectivity index (χ2n) is 5.31. The van der Waals surface area contributed by atoms with Gasteiger partial charge in [-0.05, 0) is 25.3 Å². The van der Waals surface area contributed by atoms with E-state index in [9.17, 15) is 0 Å². The van der Waals surface area contributed by atoms with E-state index in [0.29, 0.717) is 23.4 Å². The van der Waals surface area contributed by atoms with Gasteiger partial charge >= 0.3 is 0 Å². The fourth-order valence-corrected chi connectivity index (χ4v) is 2.89. The molecule has 0 unspecified atom stereocenters. The van der Waals surface area contributed by atoms with E-state index in [1.54, 1.807) is 7.11 Å². The van der Waals surface area contributed by atoms with Gasteiger partial charge in [-0.1, -0.05) is 31.4 Å². The van der Waals surface area contributed by atoms with Crippen LogP contribution in [0.3, 0.4) is 0 Å². The van der Waals surface area contributed by atoms with Gasteiger partial charge in [-0.3, -0.25) is 0 Å². The number of hydrogen-bond donors (Lipinski definition) is 1. The third-order valence-electron chi connectivity index (χ3n) is 3.70. The molecule has 1 aliphatic carbocycles. The van der Waals surface area contributed by atoms with E-state index >= 15 is 0 Å². The lowest BCUT2D eigenvalue weighted by atomic mass is 10.1. The molecule has 1 aromatic carbocycles. The van der Waals surface area contributed by atoms with Crippen molar-refractivity contribution in [2.75, 3.05) is 13.7 Å². The lowest BCUT2D eigenvalue weighted by Gasteiger charge is -2.18. The Kier molecular flexibility index (Phi) is 5.99. The highest BCUT2D eigenvalue weighted by atomic mass is 35.5.